The summed E-state index contributed by atoms with van der Waals surface area (Å²) in [6.07, 6.45) is 1.49. The monoisotopic (exact) mass is 466 g/mol. The highest BCUT2D eigenvalue weighted by atomic mass is 32.1. The van der Waals surface area contributed by atoms with Crippen LogP contribution in [0.2, 0.25) is 0 Å². The average Bonchev–Trinajstić information content (AvgIpc) is 3.53. The average molecular weight is 467 g/mol. The van der Waals surface area contributed by atoms with Crippen molar-refractivity contribution in [3.05, 3.63) is 58.6 Å². The zero-order valence-corrected chi connectivity index (χ0v) is 20.3. The fourth-order valence-corrected chi connectivity index (χ4v) is 5.24. The van der Waals surface area contributed by atoms with E-state index >= 15 is 0 Å². The second-order valence-electron chi connectivity index (χ2n) is 8.96. The number of carbonyl (C=O) groups excluding carboxylic acids is 2. The number of aryl methyl sites for hydroxylation is 2. The molecule has 1 aliphatic rings. The van der Waals surface area contributed by atoms with E-state index in [2.05, 4.69) is 27.6 Å². The molecule has 0 aliphatic carbocycles. The molecule has 0 radical (unpaired) electrons. The molecule has 4 rings (SSSR count). The molecule has 1 saturated heterocycles. The number of carbonyl (C=O) groups is 2. The van der Waals surface area contributed by atoms with Crippen molar-refractivity contribution in [3.8, 4) is 10.4 Å². The van der Waals surface area contributed by atoms with E-state index in [4.69, 9.17) is 4.52 Å². The highest BCUT2D eigenvalue weighted by Crippen LogP contribution is 2.30. The topological polar surface area (TPSA) is 88.3 Å². The number of aromatic nitrogens is 2. The maximum Gasteiger partial charge on any atom is 0.243 e. The van der Waals surface area contributed by atoms with Gasteiger partial charge in [-0.2, -0.15) is 0 Å². The van der Waals surface area contributed by atoms with Crippen LogP contribution in [0.15, 0.2) is 40.4 Å². The third-order valence-corrected chi connectivity index (χ3v) is 7.14. The second kappa shape index (κ2) is 9.87. The van der Waals surface area contributed by atoms with Crippen molar-refractivity contribution in [2.45, 2.75) is 59.0 Å². The number of likely N-dealkylation sites (tertiary alicyclic amines) is 1. The van der Waals surface area contributed by atoms with E-state index in [0.29, 0.717) is 31.0 Å². The number of hydrogen-bond donors (Lipinski definition) is 1. The summed E-state index contributed by atoms with van der Waals surface area (Å²) in [7, 11) is 0. The number of rotatable bonds is 7. The van der Waals surface area contributed by atoms with E-state index in [-0.39, 0.29) is 17.7 Å². The van der Waals surface area contributed by atoms with Crippen LogP contribution in [0, 0.1) is 19.8 Å². The Morgan fingerprint density at radius 2 is 2.00 bits per heavy atom. The number of amides is 2. The van der Waals surface area contributed by atoms with Crippen molar-refractivity contribution >= 4 is 23.2 Å². The molecular weight excluding hydrogens is 436 g/mol. The second-order valence-corrected chi connectivity index (χ2v) is 9.81. The molecule has 7 nitrogen and oxygen atoms in total. The number of hydrogen-bond acceptors (Lipinski definition) is 6. The maximum absolute atomic E-state index is 13.4. The summed E-state index contributed by atoms with van der Waals surface area (Å²) >= 11 is 1.62. The first-order valence-corrected chi connectivity index (χ1v) is 12.2. The van der Waals surface area contributed by atoms with Crippen molar-refractivity contribution in [2.75, 3.05) is 6.54 Å². The zero-order valence-electron chi connectivity index (χ0n) is 19.5. The highest BCUT2D eigenvalue weighted by molar-refractivity contribution is 7.13. The van der Waals surface area contributed by atoms with Crippen LogP contribution in [0.3, 0.4) is 0 Å². The van der Waals surface area contributed by atoms with E-state index < -0.39 is 12.0 Å². The summed E-state index contributed by atoms with van der Waals surface area (Å²) in [5.41, 5.74) is 5.65. The van der Waals surface area contributed by atoms with E-state index in [0.717, 1.165) is 28.1 Å². The Morgan fingerprint density at radius 1 is 1.24 bits per heavy atom. The Labute approximate surface area is 198 Å². The summed E-state index contributed by atoms with van der Waals surface area (Å²) in [5.74, 6) is 0.142. The van der Waals surface area contributed by atoms with Crippen molar-refractivity contribution in [2.24, 2.45) is 5.92 Å². The van der Waals surface area contributed by atoms with Gasteiger partial charge in [-0.3, -0.25) is 9.59 Å². The third kappa shape index (κ3) is 5.00. The molecule has 2 aromatic heterocycles. The van der Waals surface area contributed by atoms with Crippen LogP contribution < -0.4 is 5.32 Å². The molecule has 1 N–H and O–H groups in total. The summed E-state index contributed by atoms with van der Waals surface area (Å²) in [5, 5.41) is 7.11. The normalized spacial score (nSPS) is 16.9. The van der Waals surface area contributed by atoms with Gasteiger partial charge in [0.1, 0.15) is 11.8 Å². The van der Waals surface area contributed by atoms with Gasteiger partial charge in [-0.15, -0.1) is 11.3 Å². The largest absolute Gasteiger partial charge is 0.361 e. The standard InChI is InChI=1S/C25H30N4O3S/c1-15(2)22(20-12-16(3)32-28-20)25(31)29-11-5-6-21(29)24(30)26-13-18-7-9-19(10-8-18)23-17(4)27-14-33-23/h7-10,12,14-15,21-22H,5-6,11,13H2,1-4H3,(H,26,30)/t21-,22?/m0/s1. The van der Waals surface area contributed by atoms with Gasteiger partial charge in [-0.1, -0.05) is 43.3 Å². The lowest BCUT2D eigenvalue weighted by molar-refractivity contribution is -0.140. The minimum Gasteiger partial charge on any atom is -0.361 e. The van der Waals surface area contributed by atoms with Gasteiger partial charge in [0.15, 0.2) is 0 Å². The van der Waals surface area contributed by atoms with Gasteiger partial charge in [0.2, 0.25) is 11.8 Å². The highest BCUT2D eigenvalue weighted by Gasteiger charge is 2.39. The summed E-state index contributed by atoms with van der Waals surface area (Å²) < 4.78 is 5.21. The van der Waals surface area contributed by atoms with E-state index in [1.807, 2.05) is 51.4 Å². The quantitative estimate of drug-likeness (QED) is 0.555. The Morgan fingerprint density at radius 3 is 2.61 bits per heavy atom. The first kappa shape index (κ1) is 23.2. The van der Waals surface area contributed by atoms with Crippen LogP contribution in [0.1, 0.15) is 55.3 Å². The molecule has 2 atom stereocenters. The van der Waals surface area contributed by atoms with Gasteiger partial charge >= 0.3 is 0 Å². The van der Waals surface area contributed by atoms with Gasteiger partial charge in [0.25, 0.3) is 0 Å². The van der Waals surface area contributed by atoms with Crippen LogP contribution in [0.5, 0.6) is 0 Å². The number of nitrogens with one attached hydrogen (secondary N) is 1. The Hall–Kier alpha value is -3.00. The molecule has 174 valence electrons. The predicted octanol–water partition coefficient (Wildman–Crippen LogP) is 4.46. The predicted molar refractivity (Wildman–Crippen MR) is 128 cm³/mol. The van der Waals surface area contributed by atoms with E-state index in [1.165, 1.54) is 0 Å². The lowest BCUT2D eigenvalue weighted by Crippen LogP contribution is -2.48. The fraction of sp³-hybridized carbons (Fsp3) is 0.440. The van der Waals surface area contributed by atoms with Crippen LogP contribution in [-0.4, -0.2) is 39.4 Å². The first-order valence-electron chi connectivity index (χ1n) is 11.4. The zero-order chi connectivity index (χ0) is 23.5. The van der Waals surface area contributed by atoms with Crippen LogP contribution in [0.4, 0.5) is 0 Å². The Balaban J connectivity index is 1.40. The molecule has 2 amide bonds. The smallest absolute Gasteiger partial charge is 0.243 e. The molecule has 1 fully saturated rings. The number of nitrogens with zero attached hydrogens (tertiary/aromatic N) is 3. The molecule has 0 spiro atoms. The molecule has 1 aliphatic heterocycles. The molecule has 8 heteroatoms. The van der Waals surface area contributed by atoms with Gasteiger partial charge in [0.05, 0.1) is 27.7 Å². The lowest BCUT2D eigenvalue weighted by Gasteiger charge is -2.29. The van der Waals surface area contributed by atoms with Crippen molar-refractivity contribution < 1.29 is 14.1 Å². The first-order chi connectivity index (χ1) is 15.8. The van der Waals surface area contributed by atoms with Crippen molar-refractivity contribution in [1.29, 1.82) is 0 Å². The number of benzene rings is 1. The van der Waals surface area contributed by atoms with E-state index in [1.54, 1.807) is 16.2 Å². The van der Waals surface area contributed by atoms with Crippen LogP contribution in [0.25, 0.3) is 10.4 Å². The minimum atomic E-state index is -0.453. The minimum absolute atomic E-state index is 0.0482. The maximum atomic E-state index is 13.4. The Bertz CT molecular complexity index is 1120. The molecule has 3 heterocycles. The molecule has 1 aromatic carbocycles. The van der Waals surface area contributed by atoms with Crippen LogP contribution >= 0.6 is 11.3 Å². The lowest BCUT2D eigenvalue weighted by atomic mass is 9.90. The molecule has 1 unspecified atom stereocenters. The summed E-state index contributed by atoms with van der Waals surface area (Å²) in [4.78, 5) is 33.6. The van der Waals surface area contributed by atoms with E-state index in [9.17, 15) is 9.59 Å². The van der Waals surface area contributed by atoms with Gasteiger partial charge < -0.3 is 14.7 Å². The molecule has 3 aromatic rings. The molecule has 33 heavy (non-hydrogen) atoms. The molecule has 0 bridgehead atoms. The van der Waals surface area contributed by atoms with Gasteiger partial charge in [-0.05, 0) is 43.7 Å². The molecular formula is C25H30N4O3S. The summed E-state index contributed by atoms with van der Waals surface area (Å²) in [6.45, 7) is 8.82. The third-order valence-electron chi connectivity index (χ3n) is 6.16. The Kier molecular flexibility index (Phi) is 6.93. The summed E-state index contributed by atoms with van der Waals surface area (Å²) in [6, 6.07) is 9.51. The van der Waals surface area contributed by atoms with Gasteiger partial charge in [0, 0.05) is 19.2 Å². The number of thiazole rings is 1. The fourth-order valence-electron chi connectivity index (χ4n) is 4.43. The van der Waals surface area contributed by atoms with Crippen LogP contribution in [-0.2, 0) is 16.1 Å². The SMILES string of the molecule is Cc1cc(C(C(=O)N2CCC[C@H]2C(=O)NCc2ccc(-c3scnc3C)cc2)C(C)C)no1. The van der Waals surface area contributed by atoms with Crippen molar-refractivity contribution in [1.82, 2.24) is 20.4 Å². The molecule has 0 saturated carbocycles. The van der Waals surface area contributed by atoms with Gasteiger partial charge in [-0.25, -0.2) is 4.98 Å². The van der Waals surface area contributed by atoms with Crippen molar-refractivity contribution in [3.63, 3.8) is 0 Å².